The van der Waals surface area contributed by atoms with Crippen molar-refractivity contribution < 1.29 is 9.84 Å². The minimum Gasteiger partial charge on any atom is -0.493 e. The molecule has 1 aromatic heterocycles. The van der Waals surface area contributed by atoms with Gasteiger partial charge in [0.15, 0.2) is 0 Å². The van der Waals surface area contributed by atoms with Crippen molar-refractivity contribution in [2.75, 3.05) is 13.2 Å². The normalized spacial score (nSPS) is 10.2. The Kier molecular flexibility index (Phi) is 3.08. The van der Waals surface area contributed by atoms with Crippen molar-refractivity contribution in [2.24, 2.45) is 0 Å². The molecular formula is C12H12N2O2. The van der Waals surface area contributed by atoms with Crippen LogP contribution in [-0.4, -0.2) is 23.3 Å². The average Bonchev–Trinajstić information content (AvgIpc) is 2.73. The number of nitrogens with zero attached hydrogens (tertiary/aromatic N) is 1. The second kappa shape index (κ2) is 4.69. The zero-order valence-corrected chi connectivity index (χ0v) is 8.73. The van der Waals surface area contributed by atoms with Crippen LogP contribution in [0.1, 0.15) is 12.1 Å². The molecule has 0 aliphatic rings. The molecule has 2 N–H and O–H groups in total. The highest BCUT2D eigenvalue weighted by Crippen LogP contribution is 2.26. The summed E-state index contributed by atoms with van der Waals surface area (Å²) in [5.41, 5.74) is 1.41. The molecule has 0 amide bonds. The molecule has 0 saturated heterocycles. The molecule has 2 rings (SSSR count). The fourth-order valence-electron chi connectivity index (χ4n) is 1.56. The van der Waals surface area contributed by atoms with Crippen LogP contribution in [-0.2, 0) is 0 Å². The number of nitriles is 1. The van der Waals surface area contributed by atoms with Gasteiger partial charge in [-0.15, -0.1) is 0 Å². The minimum atomic E-state index is 0.118. The van der Waals surface area contributed by atoms with Crippen LogP contribution in [0.2, 0.25) is 0 Å². The summed E-state index contributed by atoms with van der Waals surface area (Å²) < 4.78 is 5.53. The van der Waals surface area contributed by atoms with Crippen molar-refractivity contribution in [1.82, 2.24) is 4.98 Å². The summed E-state index contributed by atoms with van der Waals surface area (Å²) in [7, 11) is 0. The van der Waals surface area contributed by atoms with Crippen molar-refractivity contribution in [2.45, 2.75) is 6.42 Å². The van der Waals surface area contributed by atoms with E-state index in [0.29, 0.717) is 18.7 Å². The van der Waals surface area contributed by atoms with E-state index in [1.807, 2.05) is 18.2 Å². The van der Waals surface area contributed by atoms with Gasteiger partial charge in [0, 0.05) is 18.4 Å². The fourth-order valence-corrected chi connectivity index (χ4v) is 1.56. The van der Waals surface area contributed by atoms with Crippen LogP contribution in [0.5, 0.6) is 5.75 Å². The smallest absolute Gasteiger partial charge is 0.128 e. The maximum Gasteiger partial charge on any atom is 0.128 e. The summed E-state index contributed by atoms with van der Waals surface area (Å²) in [6, 6.07) is 9.45. The number of ether oxygens (including phenoxy) is 1. The Hall–Kier alpha value is -1.99. The van der Waals surface area contributed by atoms with Crippen molar-refractivity contribution in [3.8, 4) is 11.8 Å². The molecule has 0 saturated carbocycles. The van der Waals surface area contributed by atoms with Gasteiger partial charge >= 0.3 is 0 Å². The van der Waals surface area contributed by atoms with Gasteiger partial charge in [-0.1, -0.05) is 6.07 Å². The first-order valence-electron chi connectivity index (χ1n) is 5.10. The Morgan fingerprint density at radius 3 is 3.06 bits per heavy atom. The minimum absolute atomic E-state index is 0.118. The number of aromatic amines is 1. The van der Waals surface area contributed by atoms with Crippen molar-refractivity contribution in [3.63, 3.8) is 0 Å². The summed E-state index contributed by atoms with van der Waals surface area (Å²) in [6.07, 6.45) is 0.603. The van der Waals surface area contributed by atoms with E-state index in [4.69, 9.17) is 15.1 Å². The Morgan fingerprint density at radius 1 is 1.44 bits per heavy atom. The Labute approximate surface area is 93.1 Å². The number of hydrogen-bond acceptors (Lipinski definition) is 3. The molecule has 82 valence electrons. The third-order valence-electron chi connectivity index (χ3n) is 2.30. The number of aliphatic hydroxyl groups is 1. The van der Waals surface area contributed by atoms with Gasteiger partial charge in [-0.25, -0.2) is 0 Å². The molecule has 4 nitrogen and oxygen atoms in total. The van der Waals surface area contributed by atoms with Gasteiger partial charge in [-0.2, -0.15) is 5.26 Å². The molecule has 1 heterocycles. The van der Waals surface area contributed by atoms with Gasteiger partial charge in [0.2, 0.25) is 0 Å². The second-order valence-corrected chi connectivity index (χ2v) is 3.44. The van der Waals surface area contributed by atoms with Crippen molar-refractivity contribution in [1.29, 1.82) is 5.26 Å². The largest absolute Gasteiger partial charge is 0.493 e. The SMILES string of the molecule is N#Cc1cc2c(OCCCO)cccc2[nH]1. The predicted molar refractivity (Wildman–Crippen MR) is 60.2 cm³/mol. The Bertz CT molecular complexity index is 525. The number of H-pyrrole nitrogens is 1. The third-order valence-corrected chi connectivity index (χ3v) is 2.30. The zero-order chi connectivity index (χ0) is 11.4. The standard InChI is InChI=1S/C12H12N2O2/c13-8-9-7-10-11(14-9)3-1-4-12(10)16-6-2-5-15/h1,3-4,7,14-15H,2,5-6H2. The number of aliphatic hydroxyl groups excluding tert-OH is 1. The molecule has 4 heteroatoms. The van der Waals surface area contributed by atoms with E-state index >= 15 is 0 Å². The van der Waals surface area contributed by atoms with E-state index in [1.54, 1.807) is 6.07 Å². The molecule has 0 bridgehead atoms. The topological polar surface area (TPSA) is 69.0 Å². The lowest BCUT2D eigenvalue weighted by Crippen LogP contribution is -1.99. The molecule has 0 spiro atoms. The monoisotopic (exact) mass is 216 g/mol. The predicted octanol–water partition coefficient (Wildman–Crippen LogP) is 1.80. The van der Waals surface area contributed by atoms with E-state index in [9.17, 15) is 0 Å². The highest BCUT2D eigenvalue weighted by Gasteiger charge is 2.05. The van der Waals surface area contributed by atoms with E-state index < -0.39 is 0 Å². The number of fused-ring (bicyclic) bond motifs is 1. The third kappa shape index (κ3) is 2.00. The number of nitrogens with one attached hydrogen (secondary N) is 1. The number of benzene rings is 1. The van der Waals surface area contributed by atoms with Crippen LogP contribution in [0.25, 0.3) is 10.9 Å². The average molecular weight is 216 g/mol. The Balaban J connectivity index is 2.30. The van der Waals surface area contributed by atoms with Crippen LogP contribution in [0, 0.1) is 11.3 Å². The summed E-state index contributed by atoms with van der Waals surface area (Å²) in [5, 5.41) is 18.4. The maximum absolute atomic E-state index is 8.79. The fraction of sp³-hybridized carbons (Fsp3) is 0.250. The number of rotatable bonds is 4. The Morgan fingerprint density at radius 2 is 2.31 bits per heavy atom. The second-order valence-electron chi connectivity index (χ2n) is 3.44. The van der Waals surface area contributed by atoms with Gasteiger partial charge in [0.05, 0.1) is 12.1 Å². The molecule has 0 unspecified atom stereocenters. The maximum atomic E-state index is 8.79. The van der Waals surface area contributed by atoms with Crippen LogP contribution in [0.4, 0.5) is 0 Å². The molecule has 1 aromatic carbocycles. The van der Waals surface area contributed by atoms with Crippen LogP contribution in [0.15, 0.2) is 24.3 Å². The lowest BCUT2D eigenvalue weighted by atomic mass is 10.2. The highest BCUT2D eigenvalue weighted by atomic mass is 16.5. The van der Waals surface area contributed by atoms with E-state index in [1.165, 1.54) is 0 Å². The molecule has 2 aromatic rings. The first kappa shape index (κ1) is 10.5. The number of hydrogen-bond donors (Lipinski definition) is 2. The van der Waals surface area contributed by atoms with Gasteiger partial charge < -0.3 is 14.8 Å². The highest BCUT2D eigenvalue weighted by molar-refractivity contribution is 5.87. The van der Waals surface area contributed by atoms with Crippen LogP contribution >= 0.6 is 0 Å². The molecule has 0 aliphatic carbocycles. The van der Waals surface area contributed by atoms with Gasteiger partial charge in [-0.3, -0.25) is 0 Å². The molecule has 0 atom stereocenters. The van der Waals surface area contributed by atoms with E-state index in [0.717, 1.165) is 16.7 Å². The van der Waals surface area contributed by atoms with Crippen molar-refractivity contribution >= 4 is 10.9 Å². The van der Waals surface area contributed by atoms with E-state index in [-0.39, 0.29) is 6.61 Å². The van der Waals surface area contributed by atoms with Gasteiger partial charge in [0.1, 0.15) is 17.5 Å². The first-order valence-corrected chi connectivity index (χ1v) is 5.10. The van der Waals surface area contributed by atoms with Crippen molar-refractivity contribution in [3.05, 3.63) is 30.0 Å². The van der Waals surface area contributed by atoms with Gasteiger partial charge in [-0.05, 0) is 18.2 Å². The summed E-state index contributed by atoms with van der Waals surface area (Å²) >= 11 is 0. The quantitative estimate of drug-likeness (QED) is 0.765. The summed E-state index contributed by atoms with van der Waals surface area (Å²) in [5.74, 6) is 0.740. The summed E-state index contributed by atoms with van der Waals surface area (Å²) in [6.45, 7) is 0.592. The van der Waals surface area contributed by atoms with Crippen LogP contribution < -0.4 is 4.74 Å². The first-order chi connectivity index (χ1) is 7.85. The van der Waals surface area contributed by atoms with Gasteiger partial charge in [0.25, 0.3) is 0 Å². The van der Waals surface area contributed by atoms with E-state index in [2.05, 4.69) is 11.1 Å². The molecule has 0 aliphatic heterocycles. The zero-order valence-electron chi connectivity index (χ0n) is 8.73. The molecule has 16 heavy (non-hydrogen) atoms. The lowest BCUT2D eigenvalue weighted by Gasteiger charge is -2.05. The van der Waals surface area contributed by atoms with Crippen LogP contribution in [0.3, 0.4) is 0 Å². The molecule has 0 fully saturated rings. The lowest BCUT2D eigenvalue weighted by molar-refractivity contribution is 0.235. The summed E-state index contributed by atoms with van der Waals surface area (Å²) in [4.78, 5) is 2.99. The molecule has 0 radical (unpaired) electrons. The number of aromatic nitrogens is 1. The molecular weight excluding hydrogens is 204 g/mol.